The average molecular weight is 294 g/mol. The Morgan fingerprint density at radius 1 is 0.905 bits per heavy atom. The van der Waals surface area contributed by atoms with Crippen LogP contribution in [0.2, 0.25) is 0 Å². The molecule has 1 aromatic heterocycles. The Bertz CT molecular complexity index is 366. The van der Waals surface area contributed by atoms with E-state index in [9.17, 15) is 0 Å². The number of hydrogen-bond donors (Lipinski definition) is 0. The number of imidazole rings is 1. The van der Waals surface area contributed by atoms with Crippen LogP contribution in [-0.4, -0.2) is 4.57 Å². The van der Waals surface area contributed by atoms with Crippen LogP contribution < -0.4 is 4.57 Å². The van der Waals surface area contributed by atoms with Crippen LogP contribution in [0, 0.1) is 0 Å². The summed E-state index contributed by atoms with van der Waals surface area (Å²) in [6, 6.07) is 0.573. The molecule has 0 fully saturated rings. The number of rotatable bonds is 12. The number of unbranched alkanes of at least 4 members (excludes halogenated alkanes) is 9. The average Bonchev–Trinajstić information content (AvgIpc) is 2.82. The second kappa shape index (κ2) is 10.9. The van der Waals surface area contributed by atoms with Crippen LogP contribution in [0.3, 0.4) is 0 Å². The number of aryl methyl sites for hydroxylation is 1. The van der Waals surface area contributed by atoms with Crippen LogP contribution in [0.5, 0.6) is 0 Å². The predicted molar refractivity (Wildman–Crippen MR) is 91.5 cm³/mol. The molecular formula is C19H37N2+. The summed E-state index contributed by atoms with van der Waals surface area (Å²) in [6.45, 7) is 6.82. The maximum absolute atomic E-state index is 2.41. The first-order valence-electron chi connectivity index (χ1n) is 9.22. The summed E-state index contributed by atoms with van der Waals surface area (Å²) in [7, 11) is 2.17. The molecule has 1 aromatic rings. The highest BCUT2D eigenvalue weighted by atomic mass is 15.1. The molecule has 122 valence electrons. The van der Waals surface area contributed by atoms with Gasteiger partial charge in [-0.15, -0.1) is 0 Å². The van der Waals surface area contributed by atoms with Crippen molar-refractivity contribution in [1.29, 1.82) is 0 Å². The lowest BCUT2D eigenvalue weighted by molar-refractivity contribution is -0.679. The van der Waals surface area contributed by atoms with Gasteiger partial charge in [-0.25, -0.2) is 9.13 Å². The SMILES string of the molecule is CCCCCCCCCCCCc1n(C(C)C)cc[n+]1C. The van der Waals surface area contributed by atoms with E-state index in [0.717, 1.165) is 0 Å². The van der Waals surface area contributed by atoms with Gasteiger partial charge in [-0.3, -0.25) is 0 Å². The van der Waals surface area contributed by atoms with Gasteiger partial charge in [0, 0.05) is 6.42 Å². The zero-order valence-electron chi connectivity index (χ0n) is 14.9. The summed E-state index contributed by atoms with van der Waals surface area (Å²) in [5, 5.41) is 0. The van der Waals surface area contributed by atoms with Crippen molar-refractivity contribution in [1.82, 2.24) is 4.57 Å². The van der Waals surface area contributed by atoms with Gasteiger partial charge in [0.15, 0.2) is 0 Å². The third-order valence-electron chi connectivity index (χ3n) is 4.47. The van der Waals surface area contributed by atoms with Gasteiger partial charge in [-0.1, -0.05) is 64.7 Å². The monoisotopic (exact) mass is 293 g/mol. The largest absolute Gasteiger partial charge is 0.256 e. The number of hydrogen-bond acceptors (Lipinski definition) is 0. The van der Waals surface area contributed by atoms with Crippen LogP contribution in [0.25, 0.3) is 0 Å². The summed E-state index contributed by atoms with van der Waals surface area (Å²) in [6.07, 6.45) is 19.8. The summed E-state index contributed by atoms with van der Waals surface area (Å²) < 4.78 is 4.70. The van der Waals surface area contributed by atoms with Crippen LogP contribution >= 0.6 is 0 Å². The van der Waals surface area contributed by atoms with Crippen molar-refractivity contribution in [2.45, 2.75) is 97.4 Å². The van der Waals surface area contributed by atoms with Crippen molar-refractivity contribution in [3.05, 3.63) is 18.2 Å². The lowest BCUT2D eigenvalue weighted by atomic mass is 10.1. The Kier molecular flexibility index (Phi) is 9.45. The van der Waals surface area contributed by atoms with Crippen LogP contribution in [0.1, 0.15) is 96.8 Å². The van der Waals surface area contributed by atoms with Gasteiger partial charge in [0.25, 0.3) is 5.82 Å². The molecule has 0 aliphatic rings. The summed E-state index contributed by atoms with van der Waals surface area (Å²) in [5.74, 6) is 1.48. The molecule has 0 aliphatic carbocycles. The highest BCUT2D eigenvalue weighted by Gasteiger charge is 2.15. The summed E-state index contributed by atoms with van der Waals surface area (Å²) in [5.41, 5.74) is 0. The van der Waals surface area contributed by atoms with Gasteiger partial charge in [0.1, 0.15) is 12.4 Å². The Hall–Kier alpha value is -0.790. The molecule has 0 saturated carbocycles. The van der Waals surface area contributed by atoms with Gasteiger partial charge in [0.2, 0.25) is 0 Å². The Morgan fingerprint density at radius 3 is 1.95 bits per heavy atom. The Balaban J connectivity index is 2.06. The van der Waals surface area contributed by atoms with E-state index in [-0.39, 0.29) is 0 Å². The van der Waals surface area contributed by atoms with E-state index in [1.165, 1.54) is 76.5 Å². The first-order valence-corrected chi connectivity index (χ1v) is 9.22. The molecule has 0 radical (unpaired) electrons. The molecule has 21 heavy (non-hydrogen) atoms. The summed E-state index contributed by atoms with van der Waals surface area (Å²) in [4.78, 5) is 0. The van der Waals surface area contributed by atoms with E-state index in [1.807, 2.05) is 0 Å². The molecule has 0 N–H and O–H groups in total. The lowest BCUT2D eigenvalue weighted by Gasteiger charge is -2.06. The highest BCUT2D eigenvalue weighted by molar-refractivity contribution is 4.86. The number of nitrogens with zero attached hydrogens (tertiary/aromatic N) is 2. The minimum absolute atomic E-state index is 0.573. The maximum atomic E-state index is 2.41. The molecule has 0 amide bonds. The van der Waals surface area contributed by atoms with E-state index in [1.54, 1.807) is 0 Å². The Morgan fingerprint density at radius 2 is 1.43 bits per heavy atom. The minimum Gasteiger partial charge on any atom is -0.237 e. The second-order valence-corrected chi connectivity index (χ2v) is 6.76. The minimum atomic E-state index is 0.573. The van der Waals surface area contributed by atoms with E-state index in [4.69, 9.17) is 0 Å². The molecule has 0 aromatic carbocycles. The molecule has 0 saturated heterocycles. The van der Waals surface area contributed by atoms with E-state index in [2.05, 4.69) is 49.3 Å². The van der Waals surface area contributed by atoms with E-state index in [0.29, 0.717) is 6.04 Å². The maximum Gasteiger partial charge on any atom is 0.256 e. The standard InChI is InChI=1S/C19H37N2/c1-5-6-7-8-9-10-11-12-13-14-15-19-20(4)16-17-21(19)18(2)3/h16-18H,5-15H2,1-4H3/q+1. The molecule has 0 atom stereocenters. The normalized spacial score (nSPS) is 11.5. The quantitative estimate of drug-likeness (QED) is 0.362. The van der Waals surface area contributed by atoms with Crippen molar-refractivity contribution in [2.24, 2.45) is 7.05 Å². The molecule has 1 rings (SSSR count). The fourth-order valence-corrected chi connectivity index (χ4v) is 3.07. The lowest BCUT2D eigenvalue weighted by Crippen LogP contribution is -2.32. The van der Waals surface area contributed by atoms with Crippen LogP contribution in [0.15, 0.2) is 12.4 Å². The first-order chi connectivity index (χ1) is 10.2. The van der Waals surface area contributed by atoms with Crippen molar-refractivity contribution < 1.29 is 4.57 Å². The van der Waals surface area contributed by atoms with Crippen molar-refractivity contribution in [3.63, 3.8) is 0 Å². The molecule has 1 heterocycles. The second-order valence-electron chi connectivity index (χ2n) is 6.76. The van der Waals surface area contributed by atoms with Gasteiger partial charge >= 0.3 is 0 Å². The van der Waals surface area contributed by atoms with Gasteiger partial charge in [-0.2, -0.15) is 0 Å². The van der Waals surface area contributed by atoms with Crippen molar-refractivity contribution in [3.8, 4) is 0 Å². The molecule has 0 aliphatic heterocycles. The third kappa shape index (κ3) is 7.15. The zero-order valence-corrected chi connectivity index (χ0v) is 14.9. The van der Waals surface area contributed by atoms with E-state index >= 15 is 0 Å². The smallest absolute Gasteiger partial charge is 0.237 e. The topological polar surface area (TPSA) is 8.81 Å². The molecule has 0 unspecified atom stereocenters. The Labute approximate surface area is 132 Å². The van der Waals surface area contributed by atoms with E-state index < -0.39 is 0 Å². The zero-order chi connectivity index (χ0) is 15.5. The van der Waals surface area contributed by atoms with Gasteiger partial charge < -0.3 is 0 Å². The summed E-state index contributed by atoms with van der Waals surface area (Å²) >= 11 is 0. The molecule has 2 heteroatoms. The molecule has 0 bridgehead atoms. The van der Waals surface area contributed by atoms with Gasteiger partial charge in [0.05, 0.1) is 13.1 Å². The van der Waals surface area contributed by atoms with Crippen molar-refractivity contribution >= 4 is 0 Å². The molecule has 0 spiro atoms. The fourth-order valence-electron chi connectivity index (χ4n) is 3.07. The third-order valence-corrected chi connectivity index (χ3v) is 4.47. The highest BCUT2D eigenvalue weighted by Crippen LogP contribution is 2.13. The fraction of sp³-hybridized carbons (Fsp3) is 0.842. The first kappa shape index (κ1) is 18.3. The predicted octanol–water partition coefficient (Wildman–Crippen LogP) is 5.36. The molecule has 2 nitrogen and oxygen atoms in total. The molecular weight excluding hydrogens is 256 g/mol. The van der Waals surface area contributed by atoms with Crippen molar-refractivity contribution in [2.75, 3.05) is 0 Å². The van der Waals surface area contributed by atoms with Gasteiger partial charge in [-0.05, 0) is 20.3 Å². The van der Waals surface area contributed by atoms with Crippen LogP contribution in [0.4, 0.5) is 0 Å². The number of aromatic nitrogens is 2. The van der Waals surface area contributed by atoms with Crippen LogP contribution in [-0.2, 0) is 13.5 Å².